The number of halogens is 1. The Morgan fingerprint density at radius 3 is 2.54 bits per heavy atom. The van der Waals surface area contributed by atoms with Gasteiger partial charge in [0.25, 0.3) is 0 Å². The van der Waals surface area contributed by atoms with Crippen LogP contribution < -0.4 is 5.32 Å². The zero-order chi connectivity index (χ0) is 19.7. The van der Waals surface area contributed by atoms with Gasteiger partial charge in [-0.2, -0.15) is 0 Å². The summed E-state index contributed by atoms with van der Waals surface area (Å²) in [5.41, 5.74) is 1.34. The number of nitrogens with one attached hydrogen (secondary N) is 1. The molecule has 1 saturated carbocycles. The highest BCUT2D eigenvalue weighted by molar-refractivity contribution is 6.35. The summed E-state index contributed by atoms with van der Waals surface area (Å²) < 4.78 is 1.81. The van der Waals surface area contributed by atoms with Crippen molar-refractivity contribution < 1.29 is 14.4 Å². The number of aromatic nitrogens is 2. The monoisotopic (exact) mass is 401 g/mol. The Morgan fingerprint density at radius 2 is 1.82 bits per heavy atom. The first kappa shape index (κ1) is 18.5. The SMILES string of the molecule is O=C(NC1CC1)C(=O)N1CCN(C(=O)/C=C/c2c(Cl)nc3ccccn23)CC1. The predicted octanol–water partition coefficient (Wildman–Crippen LogP) is 0.950. The Morgan fingerprint density at radius 1 is 1.11 bits per heavy atom. The first-order valence-electron chi connectivity index (χ1n) is 9.22. The van der Waals surface area contributed by atoms with E-state index in [4.69, 9.17) is 11.6 Å². The van der Waals surface area contributed by atoms with E-state index >= 15 is 0 Å². The van der Waals surface area contributed by atoms with Gasteiger partial charge in [-0.15, -0.1) is 0 Å². The van der Waals surface area contributed by atoms with Gasteiger partial charge in [-0.1, -0.05) is 17.7 Å². The molecule has 146 valence electrons. The Balaban J connectivity index is 1.35. The molecule has 0 bridgehead atoms. The summed E-state index contributed by atoms with van der Waals surface area (Å²) in [5.74, 6) is -1.24. The number of hydrogen-bond donors (Lipinski definition) is 1. The van der Waals surface area contributed by atoms with E-state index in [1.54, 1.807) is 15.4 Å². The molecule has 1 aliphatic heterocycles. The lowest BCUT2D eigenvalue weighted by atomic mass is 10.2. The number of hydrogen-bond acceptors (Lipinski definition) is 4. The second-order valence-corrected chi connectivity index (χ2v) is 7.27. The zero-order valence-electron chi connectivity index (χ0n) is 15.2. The Labute approximate surface area is 166 Å². The lowest BCUT2D eigenvalue weighted by molar-refractivity contribution is -0.148. The van der Waals surface area contributed by atoms with Crippen LogP contribution in [-0.4, -0.2) is 69.1 Å². The molecule has 3 heterocycles. The molecule has 2 aromatic rings. The van der Waals surface area contributed by atoms with Crippen LogP contribution in [0, 0.1) is 0 Å². The highest BCUT2D eigenvalue weighted by Gasteiger charge is 2.31. The summed E-state index contributed by atoms with van der Waals surface area (Å²) in [4.78, 5) is 43.9. The van der Waals surface area contributed by atoms with Gasteiger partial charge >= 0.3 is 11.8 Å². The fraction of sp³-hybridized carbons (Fsp3) is 0.368. The standard InChI is InChI=1S/C19H20ClN5O3/c20-17-14(25-8-2-1-3-15(25)22-17)6-7-16(26)23-9-11-24(12-10-23)19(28)18(27)21-13-4-5-13/h1-3,6-8,13H,4-5,9-12H2,(H,21,27)/b7-6+. The quantitative estimate of drug-likeness (QED) is 0.612. The molecule has 8 nitrogen and oxygen atoms in total. The largest absolute Gasteiger partial charge is 0.345 e. The minimum Gasteiger partial charge on any atom is -0.345 e. The summed E-state index contributed by atoms with van der Waals surface area (Å²) in [7, 11) is 0. The van der Waals surface area contributed by atoms with Crippen molar-refractivity contribution in [3.05, 3.63) is 41.3 Å². The zero-order valence-corrected chi connectivity index (χ0v) is 15.9. The molecule has 28 heavy (non-hydrogen) atoms. The second-order valence-electron chi connectivity index (χ2n) is 6.92. The fourth-order valence-electron chi connectivity index (χ4n) is 3.14. The van der Waals surface area contributed by atoms with Gasteiger partial charge < -0.3 is 15.1 Å². The van der Waals surface area contributed by atoms with Gasteiger partial charge in [-0.3, -0.25) is 18.8 Å². The normalized spacial score (nSPS) is 17.3. The molecule has 3 amide bonds. The van der Waals surface area contributed by atoms with Crippen LogP contribution in [-0.2, 0) is 14.4 Å². The lowest BCUT2D eigenvalue weighted by Gasteiger charge is -2.33. The summed E-state index contributed by atoms with van der Waals surface area (Å²) >= 11 is 6.17. The molecule has 0 atom stereocenters. The second kappa shape index (κ2) is 7.63. The molecule has 1 N–H and O–H groups in total. The third kappa shape index (κ3) is 3.87. The van der Waals surface area contributed by atoms with Crippen LogP contribution in [0.3, 0.4) is 0 Å². The van der Waals surface area contributed by atoms with E-state index in [1.807, 2.05) is 24.4 Å². The van der Waals surface area contributed by atoms with Crippen molar-refractivity contribution in [3.8, 4) is 0 Å². The minimum atomic E-state index is -0.551. The van der Waals surface area contributed by atoms with Gasteiger partial charge in [-0.05, 0) is 31.1 Å². The van der Waals surface area contributed by atoms with Crippen LogP contribution >= 0.6 is 11.6 Å². The fourth-order valence-corrected chi connectivity index (χ4v) is 3.38. The smallest absolute Gasteiger partial charge is 0.312 e. The van der Waals surface area contributed by atoms with Crippen LogP contribution in [0.4, 0.5) is 0 Å². The highest BCUT2D eigenvalue weighted by Crippen LogP contribution is 2.20. The number of amides is 3. The van der Waals surface area contributed by atoms with E-state index < -0.39 is 11.8 Å². The third-order valence-electron chi connectivity index (χ3n) is 4.89. The van der Waals surface area contributed by atoms with E-state index in [0.717, 1.165) is 12.8 Å². The Bertz CT molecular complexity index is 958. The maximum Gasteiger partial charge on any atom is 0.312 e. The van der Waals surface area contributed by atoms with Crippen LogP contribution in [0.25, 0.3) is 11.7 Å². The third-order valence-corrected chi connectivity index (χ3v) is 5.17. The van der Waals surface area contributed by atoms with Crippen LogP contribution in [0.2, 0.25) is 5.15 Å². The van der Waals surface area contributed by atoms with Crippen LogP contribution in [0.5, 0.6) is 0 Å². The van der Waals surface area contributed by atoms with Crippen molar-refractivity contribution >= 4 is 41.0 Å². The molecular weight excluding hydrogens is 382 g/mol. The van der Waals surface area contributed by atoms with Gasteiger partial charge in [-0.25, -0.2) is 4.98 Å². The van der Waals surface area contributed by atoms with E-state index in [9.17, 15) is 14.4 Å². The van der Waals surface area contributed by atoms with Crippen molar-refractivity contribution in [3.63, 3.8) is 0 Å². The maximum absolute atomic E-state index is 12.5. The van der Waals surface area contributed by atoms with Crippen molar-refractivity contribution in [2.24, 2.45) is 0 Å². The van der Waals surface area contributed by atoms with Crippen molar-refractivity contribution in [1.29, 1.82) is 0 Å². The van der Waals surface area contributed by atoms with E-state index in [-0.39, 0.29) is 11.9 Å². The summed E-state index contributed by atoms with van der Waals surface area (Å²) in [6.45, 7) is 1.44. The van der Waals surface area contributed by atoms with Crippen molar-refractivity contribution in [1.82, 2.24) is 24.5 Å². The Hall–Kier alpha value is -2.87. The van der Waals surface area contributed by atoms with Gasteiger partial charge in [0, 0.05) is 44.5 Å². The molecule has 2 aliphatic rings. The molecule has 0 aromatic carbocycles. The first-order valence-corrected chi connectivity index (χ1v) is 9.60. The summed E-state index contributed by atoms with van der Waals surface area (Å²) in [6.07, 6.45) is 6.80. The molecule has 2 aromatic heterocycles. The number of fused-ring (bicyclic) bond motifs is 1. The molecular formula is C19H20ClN5O3. The summed E-state index contributed by atoms with van der Waals surface area (Å²) in [6, 6.07) is 5.71. The maximum atomic E-state index is 12.5. The molecule has 0 unspecified atom stereocenters. The van der Waals surface area contributed by atoms with E-state index in [0.29, 0.717) is 42.7 Å². The van der Waals surface area contributed by atoms with Gasteiger partial charge in [0.2, 0.25) is 5.91 Å². The summed E-state index contributed by atoms with van der Waals surface area (Å²) in [5, 5.41) is 3.02. The number of piperazine rings is 1. The highest BCUT2D eigenvalue weighted by atomic mass is 35.5. The Kier molecular flexibility index (Phi) is 5.04. The van der Waals surface area contributed by atoms with Gasteiger partial charge in [0.05, 0.1) is 5.69 Å². The first-order chi connectivity index (χ1) is 13.5. The number of rotatable bonds is 3. The molecule has 4 rings (SSSR count). The number of carbonyl (C=O) groups is 3. The lowest BCUT2D eigenvalue weighted by Crippen LogP contribution is -2.53. The predicted molar refractivity (Wildman–Crippen MR) is 104 cm³/mol. The topological polar surface area (TPSA) is 87.0 Å². The number of nitrogens with zero attached hydrogens (tertiary/aromatic N) is 4. The number of pyridine rings is 1. The molecule has 9 heteroatoms. The average Bonchev–Trinajstić information content (AvgIpc) is 3.46. The van der Waals surface area contributed by atoms with Crippen molar-refractivity contribution in [2.45, 2.75) is 18.9 Å². The molecule has 0 radical (unpaired) electrons. The van der Waals surface area contributed by atoms with E-state index in [2.05, 4.69) is 10.3 Å². The number of imidazole rings is 1. The molecule has 0 spiro atoms. The van der Waals surface area contributed by atoms with Gasteiger partial charge in [0.15, 0.2) is 5.15 Å². The molecule has 2 fully saturated rings. The van der Waals surface area contributed by atoms with Gasteiger partial charge in [0.1, 0.15) is 5.65 Å². The van der Waals surface area contributed by atoms with E-state index in [1.165, 1.54) is 11.0 Å². The molecule has 1 aliphatic carbocycles. The molecule has 1 saturated heterocycles. The average molecular weight is 402 g/mol. The van der Waals surface area contributed by atoms with Crippen LogP contribution in [0.1, 0.15) is 18.5 Å². The number of carbonyl (C=O) groups excluding carboxylic acids is 3. The minimum absolute atomic E-state index is 0.149. The van der Waals surface area contributed by atoms with Crippen LogP contribution in [0.15, 0.2) is 30.5 Å². The van der Waals surface area contributed by atoms with Crippen molar-refractivity contribution in [2.75, 3.05) is 26.2 Å².